The largest absolute Gasteiger partial charge is 0.228 e. The maximum atomic E-state index is 5.38. The van der Waals surface area contributed by atoms with Crippen LogP contribution in [0.2, 0.25) is 0 Å². The summed E-state index contributed by atoms with van der Waals surface area (Å²) >= 11 is 1.85. The van der Waals surface area contributed by atoms with Crippen molar-refractivity contribution in [1.29, 1.82) is 0 Å². The molecule has 2 heterocycles. The molecule has 0 fully saturated rings. The fraction of sp³-hybridized carbons (Fsp3) is 0.0385. The van der Waals surface area contributed by atoms with Gasteiger partial charge in [-0.3, -0.25) is 0 Å². The van der Waals surface area contributed by atoms with E-state index in [2.05, 4.69) is 195 Å². The van der Waals surface area contributed by atoms with Crippen LogP contribution in [0.15, 0.2) is 188 Å². The van der Waals surface area contributed by atoms with Crippen LogP contribution >= 0.6 is 11.3 Å². The second kappa shape index (κ2) is 12.4. The number of benzene rings is 8. The third-order valence-corrected chi connectivity index (χ3v) is 12.7. The molecule has 0 bridgehead atoms. The van der Waals surface area contributed by atoms with E-state index < -0.39 is 0 Å². The lowest BCUT2D eigenvalue weighted by molar-refractivity contribution is 0.714. The van der Waals surface area contributed by atoms with Crippen LogP contribution in [0.3, 0.4) is 0 Å². The van der Waals surface area contributed by atoms with Crippen molar-refractivity contribution < 1.29 is 0 Å². The Bertz CT molecular complexity index is 3120. The Morgan fingerprint density at radius 3 is 1.93 bits per heavy atom. The molecule has 0 aliphatic heterocycles. The molecule has 11 rings (SSSR count). The lowest BCUT2D eigenvalue weighted by atomic mass is 9.74. The van der Waals surface area contributed by atoms with Crippen LogP contribution in [0.5, 0.6) is 0 Å². The second-order valence-electron chi connectivity index (χ2n) is 14.6. The summed E-state index contributed by atoms with van der Waals surface area (Å²) in [4.78, 5) is 10.7. The molecule has 2 aromatic heterocycles. The van der Waals surface area contributed by atoms with E-state index in [-0.39, 0.29) is 5.41 Å². The zero-order valence-corrected chi connectivity index (χ0v) is 31.0. The van der Waals surface area contributed by atoms with Crippen LogP contribution in [0.1, 0.15) is 23.6 Å². The van der Waals surface area contributed by atoms with E-state index in [0.29, 0.717) is 0 Å². The summed E-state index contributed by atoms with van der Waals surface area (Å²) in [6.07, 6.45) is 0. The van der Waals surface area contributed by atoms with E-state index >= 15 is 0 Å². The second-order valence-corrected chi connectivity index (χ2v) is 15.7. The highest BCUT2D eigenvalue weighted by molar-refractivity contribution is 7.25. The summed E-state index contributed by atoms with van der Waals surface area (Å²) in [7, 11) is 0. The highest BCUT2D eigenvalue weighted by Gasteiger charge is 2.40. The molecule has 1 aliphatic carbocycles. The van der Waals surface area contributed by atoms with E-state index in [1.165, 1.54) is 64.5 Å². The summed E-state index contributed by atoms with van der Waals surface area (Å²) in [6, 6.07) is 68.0. The summed E-state index contributed by atoms with van der Waals surface area (Å²) in [5.41, 5.74) is 13.5. The lowest BCUT2D eigenvalue weighted by Gasteiger charge is -2.28. The summed E-state index contributed by atoms with van der Waals surface area (Å²) in [6.45, 7) is 2.37. The number of thiophene rings is 1. The van der Waals surface area contributed by atoms with Gasteiger partial charge in [-0.25, -0.2) is 9.97 Å². The SMILES string of the molecule is CC1(c2ccccc2)c2ccccc2-c2ccc(-c3cc(-c4cccc(-c5cccc6sc7ccccc7c56)c4)nc(-c4cccc5ccccc45)n3)cc21. The zero-order valence-electron chi connectivity index (χ0n) is 30.2. The number of hydrogen-bond acceptors (Lipinski definition) is 3. The van der Waals surface area contributed by atoms with Crippen LogP contribution in [0, 0.1) is 0 Å². The van der Waals surface area contributed by atoms with Crippen molar-refractivity contribution in [1.82, 2.24) is 9.97 Å². The van der Waals surface area contributed by atoms with Gasteiger partial charge in [0.05, 0.1) is 11.4 Å². The fourth-order valence-corrected chi connectivity index (χ4v) is 10.0. The smallest absolute Gasteiger partial charge is 0.161 e. The number of nitrogens with zero attached hydrogens (tertiary/aromatic N) is 2. The minimum atomic E-state index is -0.307. The maximum absolute atomic E-state index is 5.38. The molecule has 0 N–H and O–H groups in total. The Morgan fingerprint density at radius 1 is 0.418 bits per heavy atom. The van der Waals surface area contributed by atoms with Gasteiger partial charge in [-0.1, -0.05) is 158 Å². The Balaban J connectivity index is 1.12. The predicted molar refractivity (Wildman–Crippen MR) is 232 cm³/mol. The molecular weight excluding hydrogens is 685 g/mol. The first kappa shape index (κ1) is 31.8. The molecule has 0 saturated heterocycles. The quantitative estimate of drug-likeness (QED) is 0.177. The Morgan fingerprint density at radius 2 is 1.04 bits per heavy atom. The van der Waals surface area contributed by atoms with Gasteiger partial charge < -0.3 is 0 Å². The van der Waals surface area contributed by atoms with Crippen LogP contribution in [-0.4, -0.2) is 9.97 Å². The highest BCUT2D eigenvalue weighted by Crippen LogP contribution is 2.53. The van der Waals surface area contributed by atoms with Crippen molar-refractivity contribution in [3.63, 3.8) is 0 Å². The minimum absolute atomic E-state index is 0.307. The van der Waals surface area contributed by atoms with E-state index in [1.807, 2.05) is 11.3 Å². The van der Waals surface area contributed by atoms with Gasteiger partial charge in [-0.2, -0.15) is 0 Å². The molecule has 0 amide bonds. The van der Waals surface area contributed by atoms with Crippen LogP contribution < -0.4 is 0 Å². The van der Waals surface area contributed by atoms with Crippen molar-refractivity contribution >= 4 is 42.3 Å². The Kier molecular flexibility index (Phi) is 7.20. The molecular formula is C52H34N2S. The normalized spacial score (nSPS) is 14.7. The minimum Gasteiger partial charge on any atom is -0.228 e. The number of rotatable bonds is 5. The van der Waals surface area contributed by atoms with Crippen LogP contribution in [-0.2, 0) is 5.41 Å². The van der Waals surface area contributed by atoms with Crippen LogP contribution in [0.4, 0.5) is 0 Å². The predicted octanol–water partition coefficient (Wildman–Crippen LogP) is 14.0. The summed E-state index contributed by atoms with van der Waals surface area (Å²) in [5.74, 6) is 0.718. The van der Waals surface area contributed by atoms with Gasteiger partial charge in [0.15, 0.2) is 5.82 Å². The number of fused-ring (bicyclic) bond motifs is 7. The van der Waals surface area contributed by atoms with Gasteiger partial charge in [0.1, 0.15) is 0 Å². The van der Waals surface area contributed by atoms with Crippen molar-refractivity contribution in [2.24, 2.45) is 0 Å². The average Bonchev–Trinajstić information content (AvgIpc) is 3.77. The van der Waals surface area contributed by atoms with Gasteiger partial charge >= 0.3 is 0 Å². The van der Waals surface area contributed by atoms with E-state index in [4.69, 9.17) is 9.97 Å². The first-order valence-corrected chi connectivity index (χ1v) is 19.6. The van der Waals surface area contributed by atoms with E-state index in [0.717, 1.165) is 39.3 Å². The average molecular weight is 719 g/mol. The van der Waals surface area contributed by atoms with Gasteiger partial charge in [0, 0.05) is 42.3 Å². The summed E-state index contributed by atoms with van der Waals surface area (Å²) < 4.78 is 2.61. The highest BCUT2D eigenvalue weighted by atomic mass is 32.1. The Hall–Kier alpha value is -6.68. The molecule has 1 unspecified atom stereocenters. The maximum Gasteiger partial charge on any atom is 0.161 e. The molecule has 258 valence electrons. The molecule has 1 atom stereocenters. The molecule has 8 aromatic carbocycles. The Labute approximate surface area is 324 Å². The first-order chi connectivity index (χ1) is 27.1. The van der Waals surface area contributed by atoms with Crippen molar-refractivity contribution in [3.8, 4) is 56.2 Å². The molecule has 55 heavy (non-hydrogen) atoms. The third-order valence-electron chi connectivity index (χ3n) is 11.6. The fourth-order valence-electron chi connectivity index (χ4n) is 8.88. The van der Waals surface area contributed by atoms with E-state index in [1.54, 1.807) is 0 Å². The summed E-state index contributed by atoms with van der Waals surface area (Å²) in [5, 5.41) is 4.91. The third kappa shape index (κ3) is 5.01. The zero-order chi connectivity index (χ0) is 36.5. The number of aromatic nitrogens is 2. The van der Waals surface area contributed by atoms with Gasteiger partial charge in [0.25, 0.3) is 0 Å². The topological polar surface area (TPSA) is 25.8 Å². The molecule has 2 nitrogen and oxygen atoms in total. The van der Waals surface area contributed by atoms with Gasteiger partial charge in [-0.15, -0.1) is 11.3 Å². The monoisotopic (exact) mass is 718 g/mol. The van der Waals surface area contributed by atoms with Gasteiger partial charge in [0.2, 0.25) is 0 Å². The van der Waals surface area contributed by atoms with Crippen LogP contribution in [0.25, 0.3) is 87.1 Å². The van der Waals surface area contributed by atoms with Crippen molar-refractivity contribution in [3.05, 3.63) is 205 Å². The molecule has 3 heteroatoms. The van der Waals surface area contributed by atoms with Crippen molar-refractivity contribution in [2.45, 2.75) is 12.3 Å². The number of hydrogen-bond donors (Lipinski definition) is 0. The molecule has 0 spiro atoms. The lowest BCUT2D eigenvalue weighted by Crippen LogP contribution is -2.22. The molecule has 0 saturated carbocycles. The standard InChI is InChI=1S/C52H34N2S/c1-52(37-18-3-2-4-19-37)44-25-9-7-21-40(44)41-29-28-36(31-45(41)52)47-32-46(53-51(54-47)42-24-12-15-33-14-5-6-20-38(33)42)35-17-11-16-34(30-35)39-23-13-27-49-50(39)43-22-8-10-26-48(43)55-49/h2-32H,1H3. The first-order valence-electron chi connectivity index (χ1n) is 18.8. The van der Waals surface area contributed by atoms with E-state index in [9.17, 15) is 0 Å². The van der Waals surface area contributed by atoms with Crippen molar-refractivity contribution in [2.75, 3.05) is 0 Å². The molecule has 10 aromatic rings. The molecule has 0 radical (unpaired) electrons. The van der Waals surface area contributed by atoms with Gasteiger partial charge in [-0.05, 0) is 87.0 Å². The molecule has 1 aliphatic rings.